The summed E-state index contributed by atoms with van der Waals surface area (Å²) in [4.78, 5) is 4.85. The van der Waals surface area contributed by atoms with E-state index in [0.29, 0.717) is 0 Å². The fraction of sp³-hybridized carbons (Fsp3) is 0.286. The molecule has 1 heterocycles. The van der Waals surface area contributed by atoms with Crippen molar-refractivity contribution in [1.29, 1.82) is 0 Å². The molecule has 0 amide bonds. The second-order valence-electron chi connectivity index (χ2n) is 1.31. The molecule has 3 nitrogen and oxygen atoms in total. The van der Waals surface area contributed by atoms with Gasteiger partial charge in [-0.25, -0.2) is 0 Å². The third kappa shape index (κ3) is 5.84. The first-order chi connectivity index (χ1) is 4.93. The van der Waals surface area contributed by atoms with Crippen LogP contribution >= 0.6 is 11.9 Å². The lowest BCUT2D eigenvalue weighted by atomic mass is 10.5. The van der Waals surface area contributed by atoms with E-state index < -0.39 is 0 Å². The Kier molecular flexibility index (Phi) is 11.2. The number of rotatable bonds is 1. The molecule has 0 saturated heterocycles. The van der Waals surface area contributed by atoms with Crippen molar-refractivity contribution in [2.24, 2.45) is 5.14 Å². The molecule has 64 valence electrons. The van der Waals surface area contributed by atoms with Gasteiger partial charge in [-0.1, -0.05) is 13.8 Å². The predicted octanol–water partition coefficient (Wildman–Crippen LogP) is 1.25. The van der Waals surface area contributed by atoms with Crippen molar-refractivity contribution in [2.75, 3.05) is 0 Å². The molecule has 0 aromatic carbocycles. The Morgan fingerprint density at radius 2 is 2.09 bits per heavy atom. The minimum absolute atomic E-state index is 0. The Hall–Kier alpha value is -0.580. The van der Waals surface area contributed by atoms with E-state index in [0.717, 1.165) is 4.90 Å². The molecule has 0 aliphatic rings. The standard InChI is InChI=1S/C5H6N2S.C2H6.H2O/c6-8-5-2-1-3-7-4-5;1-2;/h1-4H,6H2;1-2H3;1H2. The summed E-state index contributed by atoms with van der Waals surface area (Å²) in [5, 5.41) is 5.23. The van der Waals surface area contributed by atoms with Crippen LogP contribution in [0.25, 0.3) is 0 Å². The molecular weight excluding hydrogens is 160 g/mol. The van der Waals surface area contributed by atoms with Gasteiger partial charge in [0.1, 0.15) is 0 Å². The van der Waals surface area contributed by atoms with E-state index in [1.54, 1.807) is 12.4 Å². The first-order valence-electron chi connectivity index (χ1n) is 3.20. The number of hydrogen-bond donors (Lipinski definition) is 1. The van der Waals surface area contributed by atoms with Crippen LogP contribution in [0.1, 0.15) is 13.8 Å². The van der Waals surface area contributed by atoms with E-state index in [4.69, 9.17) is 5.14 Å². The first kappa shape index (κ1) is 13.0. The molecule has 11 heavy (non-hydrogen) atoms. The van der Waals surface area contributed by atoms with Crippen LogP contribution < -0.4 is 5.14 Å². The molecule has 0 unspecified atom stereocenters. The summed E-state index contributed by atoms with van der Waals surface area (Å²) in [6, 6.07) is 3.77. The average molecular weight is 174 g/mol. The molecule has 4 heteroatoms. The second-order valence-corrected chi connectivity index (χ2v) is 2.01. The summed E-state index contributed by atoms with van der Waals surface area (Å²) in [5.74, 6) is 0. The topological polar surface area (TPSA) is 70.4 Å². The quantitative estimate of drug-likeness (QED) is 0.651. The van der Waals surface area contributed by atoms with Crippen LogP contribution in [0.3, 0.4) is 0 Å². The lowest BCUT2D eigenvalue weighted by Gasteiger charge is -1.88. The highest BCUT2D eigenvalue weighted by molar-refractivity contribution is 7.97. The van der Waals surface area contributed by atoms with Gasteiger partial charge in [-0.05, 0) is 24.1 Å². The summed E-state index contributed by atoms with van der Waals surface area (Å²) in [6.07, 6.45) is 3.45. The van der Waals surface area contributed by atoms with E-state index in [-0.39, 0.29) is 5.48 Å². The van der Waals surface area contributed by atoms with Gasteiger partial charge in [0.15, 0.2) is 0 Å². The summed E-state index contributed by atoms with van der Waals surface area (Å²) in [6.45, 7) is 4.00. The van der Waals surface area contributed by atoms with Crippen molar-refractivity contribution in [1.82, 2.24) is 4.98 Å². The summed E-state index contributed by atoms with van der Waals surface area (Å²) in [5.41, 5.74) is 0. The number of nitrogens with zero attached hydrogens (tertiary/aromatic N) is 1. The Morgan fingerprint density at radius 3 is 2.36 bits per heavy atom. The Bertz CT molecular complexity index is 158. The molecule has 0 aliphatic carbocycles. The van der Waals surface area contributed by atoms with Crippen LogP contribution in [0.15, 0.2) is 29.4 Å². The minimum Gasteiger partial charge on any atom is -0.412 e. The molecule has 0 fully saturated rings. The van der Waals surface area contributed by atoms with E-state index in [9.17, 15) is 0 Å². The van der Waals surface area contributed by atoms with Gasteiger partial charge in [0.2, 0.25) is 0 Å². The maximum absolute atomic E-state index is 5.23. The van der Waals surface area contributed by atoms with Crippen LogP contribution in [0.4, 0.5) is 0 Å². The van der Waals surface area contributed by atoms with Crippen LogP contribution in [-0.2, 0) is 0 Å². The molecule has 4 N–H and O–H groups in total. The summed E-state index contributed by atoms with van der Waals surface area (Å²) in [7, 11) is 0. The lowest BCUT2D eigenvalue weighted by Crippen LogP contribution is -1.78. The minimum atomic E-state index is 0. The third-order valence-corrected chi connectivity index (χ3v) is 1.28. The first-order valence-corrected chi connectivity index (χ1v) is 4.08. The Labute approximate surface area is 71.5 Å². The Balaban J connectivity index is 0. The molecule has 0 saturated carbocycles. The summed E-state index contributed by atoms with van der Waals surface area (Å²) < 4.78 is 0. The zero-order chi connectivity index (χ0) is 7.82. The van der Waals surface area contributed by atoms with Crippen LogP contribution in [-0.4, -0.2) is 10.5 Å². The zero-order valence-corrected chi connectivity index (χ0v) is 7.56. The number of pyridine rings is 1. The van der Waals surface area contributed by atoms with Gasteiger partial charge in [0.25, 0.3) is 0 Å². The maximum Gasteiger partial charge on any atom is 0.0416 e. The smallest absolute Gasteiger partial charge is 0.0416 e. The maximum atomic E-state index is 5.23. The molecule has 1 aromatic heterocycles. The van der Waals surface area contributed by atoms with E-state index in [1.165, 1.54) is 11.9 Å². The summed E-state index contributed by atoms with van der Waals surface area (Å²) >= 11 is 1.21. The van der Waals surface area contributed by atoms with Crippen LogP contribution in [0, 0.1) is 0 Å². The highest BCUT2D eigenvalue weighted by Crippen LogP contribution is 2.06. The van der Waals surface area contributed by atoms with Gasteiger partial charge < -0.3 is 5.48 Å². The third-order valence-electron chi connectivity index (χ3n) is 0.770. The SMILES string of the molecule is CC.NSc1cccnc1.O. The number of aromatic nitrogens is 1. The van der Waals surface area contributed by atoms with Gasteiger partial charge in [-0.2, -0.15) is 0 Å². The van der Waals surface area contributed by atoms with Crippen molar-refractivity contribution in [2.45, 2.75) is 18.7 Å². The molecule has 0 aliphatic heterocycles. The van der Waals surface area contributed by atoms with Crippen molar-refractivity contribution in [3.63, 3.8) is 0 Å². The normalized spacial score (nSPS) is 7.18. The fourth-order valence-electron chi connectivity index (χ4n) is 0.417. The average Bonchev–Trinajstić information content (AvgIpc) is 2.10. The lowest BCUT2D eigenvalue weighted by molar-refractivity contribution is 0.824. The van der Waals surface area contributed by atoms with E-state index >= 15 is 0 Å². The van der Waals surface area contributed by atoms with Gasteiger partial charge in [0, 0.05) is 17.3 Å². The Morgan fingerprint density at radius 1 is 1.45 bits per heavy atom. The van der Waals surface area contributed by atoms with Crippen LogP contribution in [0.5, 0.6) is 0 Å². The molecule has 1 aromatic rings. The fourth-order valence-corrected chi connectivity index (χ4v) is 0.696. The largest absolute Gasteiger partial charge is 0.412 e. The molecule has 1 rings (SSSR count). The molecular formula is C7H14N2OS. The molecule has 0 atom stereocenters. The molecule has 0 bridgehead atoms. The molecule has 0 spiro atoms. The van der Waals surface area contributed by atoms with E-state index in [1.807, 2.05) is 26.0 Å². The monoisotopic (exact) mass is 174 g/mol. The zero-order valence-electron chi connectivity index (χ0n) is 6.74. The van der Waals surface area contributed by atoms with Gasteiger partial charge in [0.05, 0.1) is 0 Å². The highest BCUT2D eigenvalue weighted by Gasteiger charge is 1.82. The number of hydrogen-bond acceptors (Lipinski definition) is 3. The van der Waals surface area contributed by atoms with Crippen LogP contribution in [0.2, 0.25) is 0 Å². The van der Waals surface area contributed by atoms with Crippen molar-refractivity contribution in [3.8, 4) is 0 Å². The van der Waals surface area contributed by atoms with Gasteiger partial charge in [-0.15, -0.1) is 0 Å². The van der Waals surface area contributed by atoms with Crippen molar-refractivity contribution < 1.29 is 5.48 Å². The predicted molar refractivity (Wildman–Crippen MR) is 49.2 cm³/mol. The second kappa shape index (κ2) is 9.42. The van der Waals surface area contributed by atoms with Crippen molar-refractivity contribution in [3.05, 3.63) is 24.5 Å². The van der Waals surface area contributed by atoms with E-state index in [2.05, 4.69) is 4.98 Å². The number of nitrogens with two attached hydrogens (primary N) is 1. The van der Waals surface area contributed by atoms with Crippen molar-refractivity contribution >= 4 is 11.9 Å². The highest BCUT2D eigenvalue weighted by atomic mass is 32.2. The van der Waals surface area contributed by atoms with Gasteiger partial charge >= 0.3 is 0 Å². The molecule has 0 radical (unpaired) electrons. The van der Waals surface area contributed by atoms with Gasteiger partial charge in [-0.3, -0.25) is 10.1 Å².